The average molecular weight is 464 g/mol. The van der Waals surface area contributed by atoms with Gasteiger partial charge < -0.3 is 0 Å². The number of carbonyl (C=O) groups is 2. The van der Waals surface area contributed by atoms with E-state index in [1.807, 2.05) is 66.7 Å². The van der Waals surface area contributed by atoms with Crippen molar-refractivity contribution in [2.45, 2.75) is 18.7 Å². The highest BCUT2D eigenvalue weighted by molar-refractivity contribution is 9.10. The Labute approximate surface area is 182 Å². The van der Waals surface area contributed by atoms with Gasteiger partial charge in [-0.05, 0) is 41.5 Å². The summed E-state index contributed by atoms with van der Waals surface area (Å²) in [6, 6.07) is 20.4. The first-order valence-corrected chi connectivity index (χ1v) is 10.4. The smallest absolute Gasteiger partial charge is 0.262 e. The van der Waals surface area contributed by atoms with Crippen molar-refractivity contribution in [1.82, 2.24) is 9.88 Å². The number of halogens is 1. The third kappa shape index (κ3) is 3.20. The first-order valence-electron chi connectivity index (χ1n) is 9.64. The average Bonchev–Trinajstić information content (AvgIpc) is 3.28. The molecule has 3 atom stereocenters. The van der Waals surface area contributed by atoms with Crippen molar-refractivity contribution < 1.29 is 14.4 Å². The molecule has 2 saturated heterocycles. The number of anilines is 1. The number of hydrogen-bond donors (Lipinski definition) is 0. The topological polar surface area (TPSA) is 62.7 Å². The molecule has 0 N–H and O–H groups in total. The van der Waals surface area contributed by atoms with E-state index in [-0.39, 0.29) is 18.4 Å². The van der Waals surface area contributed by atoms with Crippen LogP contribution in [0.15, 0.2) is 83.6 Å². The molecule has 2 amide bonds. The third-order valence-electron chi connectivity index (χ3n) is 5.50. The van der Waals surface area contributed by atoms with Crippen molar-refractivity contribution in [1.29, 1.82) is 0 Å². The Balaban J connectivity index is 1.51. The van der Waals surface area contributed by atoms with Crippen LogP contribution in [-0.4, -0.2) is 27.8 Å². The van der Waals surface area contributed by atoms with E-state index in [0.29, 0.717) is 0 Å². The van der Waals surface area contributed by atoms with Crippen LogP contribution >= 0.6 is 15.9 Å². The molecule has 3 aromatic rings. The largest absolute Gasteiger partial charge is 0.275 e. The maximum Gasteiger partial charge on any atom is 0.262 e. The molecule has 3 unspecified atom stereocenters. The van der Waals surface area contributed by atoms with Gasteiger partial charge in [0.05, 0.1) is 18.3 Å². The quantitative estimate of drug-likeness (QED) is 0.549. The van der Waals surface area contributed by atoms with Crippen LogP contribution in [0.1, 0.15) is 17.2 Å². The molecule has 2 aliphatic rings. The van der Waals surface area contributed by atoms with Crippen molar-refractivity contribution in [3.63, 3.8) is 0 Å². The van der Waals surface area contributed by atoms with E-state index in [9.17, 15) is 9.59 Å². The second kappa shape index (κ2) is 7.66. The molecule has 0 saturated carbocycles. The normalized spacial score (nSPS) is 23.2. The summed E-state index contributed by atoms with van der Waals surface area (Å²) in [5.41, 5.74) is 2.51. The maximum absolute atomic E-state index is 13.4. The Morgan fingerprint density at radius 1 is 0.933 bits per heavy atom. The van der Waals surface area contributed by atoms with Crippen LogP contribution in [0.2, 0.25) is 0 Å². The minimum atomic E-state index is -0.852. The highest BCUT2D eigenvalue weighted by Gasteiger charge is 2.59. The number of nitrogens with zero attached hydrogens (tertiary/aromatic N) is 3. The van der Waals surface area contributed by atoms with Crippen LogP contribution in [0.25, 0.3) is 0 Å². The lowest BCUT2D eigenvalue weighted by Gasteiger charge is -2.28. The molecule has 2 aliphatic heterocycles. The molecule has 7 heteroatoms. The van der Waals surface area contributed by atoms with Gasteiger partial charge in [-0.1, -0.05) is 52.3 Å². The van der Waals surface area contributed by atoms with Gasteiger partial charge in [-0.15, -0.1) is 0 Å². The first kappa shape index (κ1) is 19.0. The minimum absolute atomic E-state index is 0.220. The number of aromatic nitrogens is 1. The van der Waals surface area contributed by atoms with Crippen molar-refractivity contribution >= 4 is 33.4 Å². The van der Waals surface area contributed by atoms with Crippen LogP contribution in [0.4, 0.5) is 5.69 Å². The summed E-state index contributed by atoms with van der Waals surface area (Å²) < 4.78 is 0.935. The fourth-order valence-corrected chi connectivity index (χ4v) is 4.36. The van der Waals surface area contributed by atoms with E-state index in [1.165, 1.54) is 4.90 Å². The fourth-order valence-electron chi connectivity index (χ4n) is 4.10. The standard InChI is InChI=1S/C23H18BrN3O3/c24-17-8-10-18(11-9-17)27-20(16-7-4-12-25-13-16)19-21(30-27)23(29)26(22(19)28)14-15-5-2-1-3-6-15/h1-13,19-21H,14H2. The highest BCUT2D eigenvalue weighted by Crippen LogP contribution is 2.46. The van der Waals surface area contributed by atoms with Gasteiger partial charge in [0.25, 0.3) is 5.91 Å². The van der Waals surface area contributed by atoms with E-state index < -0.39 is 18.1 Å². The lowest BCUT2D eigenvalue weighted by atomic mass is 9.91. The molecule has 3 heterocycles. The maximum atomic E-state index is 13.4. The SMILES string of the molecule is O=C1C2ON(c3ccc(Br)cc3)C(c3cccnc3)C2C(=O)N1Cc1ccccc1. The summed E-state index contributed by atoms with van der Waals surface area (Å²) in [5, 5.41) is 1.68. The summed E-state index contributed by atoms with van der Waals surface area (Å²) in [7, 11) is 0. The molecule has 2 fully saturated rings. The second-order valence-corrected chi connectivity index (χ2v) is 8.25. The van der Waals surface area contributed by atoms with Crippen LogP contribution in [0.5, 0.6) is 0 Å². The third-order valence-corrected chi connectivity index (χ3v) is 6.03. The van der Waals surface area contributed by atoms with Gasteiger partial charge in [0.1, 0.15) is 5.92 Å². The molecule has 0 radical (unpaired) electrons. The Morgan fingerprint density at radius 2 is 1.70 bits per heavy atom. The zero-order valence-corrected chi connectivity index (χ0v) is 17.5. The summed E-state index contributed by atoms with van der Waals surface area (Å²) in [5.74, 6) is -1.15. The lowest BCUT2D eigenvalue weighted by Crippen LogP contribution is -2.37. The Kier molecular flexibility index (Phi) is 4.84. The van der Waals surface area contributed by atoms with Crippen LogP contribution < -0.4 is 5.06 Å². The lowest BCUT2D eigenvalue weighted by molar-refractivity contribution is -0.143. The predicted molar refractivity (Wildman–Crippen MR) is 114 cm³/mol. The van der Waals surface area contributed by atoms with E-state index in [4.69, 9.17) is 4.84 Å². The number of pyridine rings is 1. The van der Waals surface area contributed by atoms with E-state index in [2.05, 4.69) is 20.9 Å². The molecular weight excluding hydrogens is 446 g/mol. The molecule has 1 aromatic heterocycles. The van der Waals surface area contributed by atoms with Crippen molar-refractivity contribution in [2.24, 2.45) is 5.92 Å². The number of likely N-dealkylation sites (tertiary alicyclic amines) is 1. The number of rotatable bonds is 4. The molecule has 150 valence electrons. The zero-order chi connectivity index (χ0) is 20.7. The Bertz CT molecular complexity index is 1080. The second-order valence-electron chi connectivity index (χ2n) is 7.33. The van der Waals surface area contributed by atoms with Gasteiger partial charge in [0.15, 0.2) is 6.10 Å². The van der Waals surface area contributed by atoms with Gasteiger partial charge in [-0.3, -0.25) is 24.3 Å². The highest BCUT2D eigenvalue weighted by atomic mass is 79.9. The zero-order valence-electron chi connectivity index (χ0n) is 15.9. The summed E-state index contributed by atoms with van der Waals surface area (Å²) in [6.07, 6.45) is 2.55. The van der Waals surface area contributed by atoms with Crippen LogP contribution in [0.3, 0.4) is 0 Å². The van der Waals surface area contributed by atoms with Gasteiger partial charge in [0, 0.05) is 16.9 Å². The number of imide groups is 1. The Morgan fingerprint density at radius 3 is 2.40 bits per heavy atom. The monoisotopic (exact) mass is 463 g/mol. The van der Waals surface area contributed by atoms with Crippen molar-refractivity contribution in [3.05, 3.63) is 94.7 Å². The minimum Gasteiger partial charge on any atom is -0.275 e. The number of amides is 2. The van der Waals surface area contributed by atoms with Gasteiger partial charge >= 0.3 is 0 Å². The fraction of sp³-hybridized carbons (Fsp3) is 0.174. The molecule has 0 spiro atoms. The molecule has 2 aromatic carbocycles. The number of fused-ring (bicyclic) bond motifs is 1. The predicted octanol–water partition coefficient (Wildman–Crippen LogP) is 3.89. The molecule has 6 nitrogen and oxygen atoms in total. The van der Waals surface area contributed by atoms with Crippen molar-refractivity contribution in [2.75, 3.05) is 5.06 Å². The molecular formula is C23H18BrN3O3. The van der Waals surface area contributed by atoms with Gasteiger partial charge in [-0.2, -0.15) is 0 Å². The van der Waals surface area contributed by atoms with Gasteiger partial charge in [0.2, 0.25) is 5.91 Å². The number of carbonyl (C=O) groups excluding carboxylic acids is 2. The van der Waals surface area contributed by atoms with Crippen LogP contribution in [0, 0.1) is 5.92 Å². The Hall–Kier alpha value is -3.03. The molecule has 5 rings (SSSR count). The molecule has 30 heavy (non-hydrogen) atoms. The van der Waals surface area contributed by atoms with E-state index in [1.54, 1.807) is 17.5 Å². The molecule has 0 aliphatic carbocycles. The molecule has 0 bridgehead atoms. The number of benzene rings is 2. The summed E-state index contributed by atoms with van der Waals surface area (Å²) in [4.78, 5) is 38.2. The summed E-state index contributed by atoms with van der Waals surface area (Å²) in [6.45, 7) is 0.243. The number of hydroxylamine groups is 1. The van der Waals surface area contributed by atoms with Crippen molar-refractivity contribution in [3.8, 4) is 0 Å². The van der Waals surface area contributed by atoms with E-state index in [0.717, 1.165) is 21.3 Å². The number of hydrogen-bond acceptors (Lipinski definition) is 5. The first-order chi connectivity index (χ1) is 14.6. The van der Waals surface area contributed by atoms with Crippen LogP contribution in [-0.2, 0) is 21.0 Å². The van der Waals surface area contributed by atoms with Gasteiger partial charge in [-0.25, -0.2) is 5.06 Å². The summed E-state index contributed by atoms with van der Waals surface area (Å²) >= 11 is 3.44. The van der Waals surface area contributed by atoms with E-state index >= 15 is 0 Å².